The van der Waals surface area contributed by atoms with Crippen LogP contribution in [-0.4, -0.2) is 30.0 Å². The van der Waals surface area contributed by atoms with Crippen molar-refractivity contribution in [3.8, 4) is 0 Å². The molecule has 0 saturated carbocycles. The molecule has 1 amide bonds. The Labute approximate surface area is 182 Å². The number of ketones is 2. The van der Waals surface area contributed by atoms with Crippen LogP contribution in [-0.2, 0) is 16.1 Å². The molecule has 3 aromatic carbocycles. The predicted molar refractivity (Wildman–Crippen MR) is 113 cm³/mol. The molecule has 3 aromatic rings. The lowest BCUT2D eigenvalue weighted by molar-refractivity contribution is -0.124. The van der Waals surface area contributed by atoms with E-state index < -0.39 is 24.3 Å². The third kappa shape index (κ3) is 3.98. The second-order valence-corrected chi connectivity index (χ2v) is 7.28. The molecule has 0 unspecified atom stereocenters. The summed E-state index contributed by atoms with van der Waals surface area (Å²) in [5.41, 5.74) is 1.34. The first-order chi connectivity index (χ1) is 15.0. The topological polar surface area (TPSA) is 89.5 Å². The van der Waals surface area contributed by atoms with Gasteiger partial charge in [0.05, 0.1) is 5.56 Å². The molecule has 0 heterocycles. The van der Waals surface area contributed by atoms with Gasteiger partial charge in [0.2, 0.25) is 0 Å². The summed E-state index contributed by atoms with van der Waals surface area (Å²) in [6, 6.07) is 17.9. The molecule has 6 nitrogen and oxygen atoms in total. The molecule has 1 N–H and O–H groups in total. The van der Waals surface area contributed by atoms with Crippen LogP contribution in [0.15, 0.2) is 66.7 Å². The van der Waals surface area contributed by atoms with E-state index in [0.717, 1.165) is 5.56 Å². The van der Waals surface area contributed by atoms with Crippen molar-refractivity contribution in [1.82, 2.24) is 5.32 Å². The Hall–Kier alpha value is -3.77. The third-order valence-electron chi connectivity index (χ3n) is 4.94. The number of benzene rings is 3. The van der Waals surface area contributed by atoms with E-state index in [0.29, 0.717) is 10.6 Å². The van der Waals surface area contributed by atoms with Crippen LogP contribution in [0.25, 0.3) is 0 Å². The second kappa shape index (κ2) is 8.53. The highest BCUT2D eigenvalue weighted by molar-refractivity contribution is 6.31. The highest BCUT2D eigenvalue weighted by atomic mass is 35.5. The number of ether oxygens (including phenoxy) is 1. The second-order valence-electron chi connectivity index (χ2n) is 6.88. The molecular weight excluding hydrogens is 418 g/mol. The molecule has 0 fully saturated rings. The summed E-state index contributed by atoms with van der Waals surface area (Å²) >= 11 is 6.05. The van der Waals surface area contributed by atoms with Crippen LogP contribution in [0.3, 0.4) is 0 Å². The molecule has 0 bridgehead atoms. The van der Waals surface area contributed by atoms with Gasteiger partial charge in [0, 0.05) is 33.8 Å². The minimum absolute atomic E-state index is 0.00678. The standard InChI is InChI=1S/C24H16ClNO5/c25-19-11-4-1-6-14(19)12-26-20(27)13-31-24(30)18-10-5-9-17-21(18)23(29)16-8-3-2-7-15(16)22(17)28/h1-11H,12-13H2,(H,26,27). The zero-order chi connectivity index (χ0) is 22.0. The number of rotatable bonds is 5. The SMILES string of the molecule is O=C(COC(=O)c1cccc2c1C(=O)c1ccccc1C2=O)NCc1ccccc1Cl. The molecule has 0 aromatic heterocycles. The van der Waals surface area contributed by atoms with Crippen LogP contribution in [0.1, 0.15) is 47.8 Å². The van der Waals surface area contributed by atoms with Gasteiger partial charge in [-0.3, -0.25) is 14.4 Å². The number of amides is 1. The van der Waals surface area contributed by atoms with Crippen LogP contribution in [0, 0.1) is 0 Å². The minimum atomic E-state index is -0.856. The average Bonchev–Trinajstić information content (AvgIpc) is 2.80. The zero-order valence-electron chi connectivity index (χ0n) is 16.2. The normalized spacial score (nSPS) is 12.0. The molecule has 7 heteroatoms. The molecule has 4 rings (SSSR count). The average molecular weight is 434 g/mol. The fourth-order valence-electron chi connectivity index (χ4n) is 3.41. The van der Waals surface area contributed by atoms with Crippen LogP contribution < -0.4 is 5.32 Å². The summed E-state index contributed by atoms with van der Waals surface area (Å²) in [6.45, 7) is -0.355. The van der Waals surface area contributed by atoms with Crippen molar-refractivity contribution < 1.29 is 23.9 Å². The number of hydrogen-bond donors (Lipinski definition) is 1. The van der Waals surface area contributed by atoms with E-state index in [1.807, 2.05) is 0 Å². The maximum absolute atomic E-state index is 13.0. The quantitative estimate of drug-likeness (QED) is 0.486. The summed E-state index contributed by atoms with van der Waals surface area (Å²) in [6.07, 6.45) is 0. The Morgan fingerprint density at radius 2 is 1.45 bits per heavy atom. The Kier molecular flexibility index (Phi) is 5.64. The number of carbonyl (C=O) groups excluding carboxylic acids is 4. The van der Waals surface area contributed by atoms with E-state index in [2.05, 4.69) is 5.32 Å². The van der Waals surface area contributed by atoms with Gasteiger partial charge in [-0.25, -0.2) is 4.79 Å². The smallest absolute Gasteiger partial charge is 0.339 e. The zero-order valence-corrected chi connectivity index (χ0v) is 16.9. The number of esters is 1. The lowest BCUT2D eigenvalue weighted by Crippen LogP contribution is -2.29. The summed E-state index contributed by atoms with van der Waals surface area (Å²) < 4.78 is 5.10. The number of carbonyl (C=O) groups is 4. The molecule has 154 valence electrons. The number of halogens is 1. The van der Waals surface area contributed by atoms with Crippen LogP contribution in [0.2, 0.25) is 5.02 Å². The van der Waals surface area contributed by atoms with Crippen molar-refractivity contribution in [2.75, 3.05) is 6.61 Å². The van der Waals surface area contributed by atoms with E-state index in [1.165, 1.54) is 18.2 Å². The van der Waals surface area contributed by atoms with Crippen LogP contribution in [0.5, 0.6) is 0 Å². The van der Waals surface area contributed by atoms with E-state index in [9.17, 15) is 19.2 Å². The van der Waals surface area contributed by atoms with Crippen LogP contribution in [0.4, 0.5) is 0 Å². The lowest BCUT2D eigenvalue weighted by atomic mass is 9.82. The van der Waals surface area contributed by atoms with Gasteiger partial charge in [-0.1, -0.05) is 66.2 Å². The fourth-order valence-corrected chi connectivity index (χ4v) is 3.61. The number of hydrogen-bond acceptors (Lipinski definition) is 5. The van der Waals surface area contributed by atoms with E-state index in [-0.39, 0.29) is 34.6 Å². The molecule has 0 aliphatic heterocycles. The van der Waals surface area contributed by atoms with Gasteiger partial charge in [-0.15, -0.1) is 0 Å². The van der Waals surface area contributed by atoms with Crippen molar-refractivity contribution in [3.63, 3.8) is 0 Å². The van der Waals surface area contributed by atoms with Gasteiger partial charge in [-0.05, 0) is 17.7 Å². The molecule has 0 atom stereocenters. The van der Waals surface area contributed by atoms with Gasteiger partial charge in [0.1, 0.15) is 0 Å². The minimum Gasteiger partial charge on any atom is -0.452 e. The van der Waals surface area contributed by atoms with E-state index in [1.54, 1.807) is 48.5 Å². The largest absolute Gasteiger partial charge is 0.452 e. The lowest BCUT2D eigenvalue weighted by Gasteiger charge is -2.19. The third-order valence-corrected chi connectivity index (χ3v) is 5.31. The Morgan fingerprint density at radius 1 is 0.806 bits per heavy atom. The molecule has 0 spiro atoms. The Balaban J connectivity index is 1.48. The first kappa shape index (κ1) is 20.5. The van der Waals surface area contributed by atoms with Gasteiger partial charge >= 0.3 is 5.97 Å². The van der Waals surface area contributed by atoms with Crippen molar-refractivity contribution in [1.29, 1.82) is 0 Å². The first-order valence-corrected chi connectivity index (χ1v) is 9.84. The highest BCUT2D eigenvalue weighted by Gasteiger charge is 2.33. The molecule has 0 radical (unpaired) electrons. The Bertz CT molecular complexity index is 1230. The summed E-state index contributed by atoms with van der Waals surface area (Å²) in [5, 5.41) is 3.13. The maximum atomic E-state index is 13.0. The molecule has 1 aliphatic carbocycles. The van der Waals surface area contributed by atoms with Gasteiger partial charge < -0.3 is 10.1 Å². The molecule has 31 heavy (non-hydrogen) atoms. The molecule has 1 aliphatic rings. The van der Waals surface area contributed by atoms with E-state index >= 15 is 0 Å². The van der Waals surface area contributed by atoms with E-state index in [4.69, 9.17) is 16.3 Å². The highest BCUT2D eigenvalue weighted by Crippen LogP contribution is 2.29. The molecule has 0 saturated heterocycles. The Morgan fingerprint density at radius 3 is 2.19 bits per heavy atom. The molecular formula is C24H16ClNO5. The number of fused-ring (bicyclic) bond motifs is 2. The maximum Gasteiger partial charge on any atom is 0.339 e. The van der Waals surface area contributed by atoms with Crippen LogP contribution >= 0.6 is 11.6 Å². The van der Waals surface area contributed by atoms with Gasteiger partial charge in [0.25, 0.3) is 5.91 Å². The first-order valence-electron chi connectivity index (χ1n) is 9.46. The van der Waals surface area contributed by atoms with Gasteiger partial charge in [0.15, 0.2) is 18.2 Å². The summed E-state index contributed by atoms with van der Waals surface area (Å²) in [7, 11) is 0. The summed E-state index contributed by atoms with van der Waals surface area (Å²) in [4.78, 5) is 50.4. The number of nitrogens with one attached hydrogen (secondary N) is 1. The van der Waals surface area contributed by atoms with Gasteiger partial charge in [-0.2, -0.15) is 0 Å². The monoisotopic (exact) mass is 433 g/mol. The fraction of sp³-hybridized carbons (Fsp3) is 0.0833. The van der Waals surface area contributed by atoms with Crippen molar-refractivity contribution in [3.05, 3.63) is 105 Å². The summed E-state index contributed by atoms with van der Waals surface area (Å²) in [5.74, 6) is -2.14. The van der Waals surface area contributed by atoms with Crippen molar-refractivity contribution in [2.45, 2.75) is 6.54 Å². The van der Waals surface area contributed by atoms with Crippen molar-refractivity contribution >= 4 is 35.0 Å². The van der Waals surface area contributed by atoms with Crippen molar-refractivity contribution in [2.24, 2.45) is 0 Å². The predicted octanol–water partition coefficient (Wildman–Crippen LogP) is 3.59.